The maximum Gasteiger partial charge on any atom is 0.252 e. The van der Waals surface area contributed by atoms with Crippen LogP contribution in [0.1, 0.15) is 184 Å². The van der Waals surface area contributed by atoms with Crippen molar-refractivity contribution >= 4 is 102 Å². The molecule has 12 rings (SSSR count). The zero-order valence-electron chi connectivity index (χ0n) is 49.4. The maximum atomic E-state index is 2.80. The molecule has 4 aliphatic heterocycles. The molecule has 7 aromatic carbocycles. The molecule has 0 unspecified atom stereocenters. The van der Waals surface area contributed by atoms with Crippen LogP contribution in [0.2, 0.25) is 0 Å². The Balaban J connectivity index is 1.29. The summed E-state index contributed by atoms with van der Waals surface area (Å²) in [5.74, 6) is 0. The van der Waals surface area contributed by atoms with Crippen LogP contribution in [0.15, 0.2) is 109 Å². The summed E-state index contributed by atoms with van der Waals surface area (Å²) >= 11 is 0. The summed E-state index contributed by atoms with van der Waals surface area (Å²) in [6.45, 7) is 50.1. The first-order valence-corrected chi connectivity index (χ1v) is 28.2. The van der Waals surface area contributed by atoms with E-state index >= 15 is 0 Å². The molecule has 0 amide bonds. The van der Waals surface area contributed by atoms with Gasteiger partial charge in [0, 0.05) is 56.1 Å². The van der Waals surface area contributed by atoms with Crippen LogP contribution < -0.4 is 42.6 Å². The van der Waals surface area contributed by atoms with Crippen LogP contribution in [-0.2, 0) is 37.9 Å². The average molecular weight is 986 g/mol. The Morgan fingerprint density at radius 1 is 0.307 bits per heavy atom. The quantitative estimate of drug-likeness (QED) is 0.152. The molecule has 382 valence electrons. The topological polar surface area (TPSA) is 11.4 Å². The largest absolute Gasteiger partial charge is 0.312 e. The molecule has 0 bridgehead atoms. The molecule has 0 aliphatic carbocycles. The van der Waals surface area contributed by atoms with Crippen LogP contribution >= 0.6 is 0 Å². The van der Waals surface area contributed by atoms with E-state index in [1.165, 1.54) is 133 Å². The molecular weight excluding hydrogens is 904 g/mol. The summed E-state index contributed by atoms with van der Waals surface area (Å²) in [4.78, 5) is 5.46. The van der Waals surface area contributed by atoms with Gasteiger partial charge < -0.3 is 14.4 Å². The summed E-state index contributed by atoms with van der Waals surface area (Å²) in [7, 11) is 0. The van der Waals surface area contributed by atoms with Crippen molar-refractivity contribution in [2.75, 3.05) is 9.80 Å². The molecule has 0 spiro atoms. The van der Waals surface area contributed by atoms with Crippen molar-refractivity contribution in [3.05, 3.63) is 148 Å². The SMILES string of the molecule is CC(C)(C)c1cccc(N2c3cc(C(C)(C)C)ccc3B3c4cc(C(C)(C)C)cc5c4N(c4cc(C(C)(C)C)cc2c43)c2cc(C(C)(C)C)cc3c2B5c2cc(C(C)(C)C)cc4c5cc(C(C)(C)C)ccc5n-3c24)c1. The number of rotatable bonds is 1. The fraction of sp³-hybridized carbons (Fsp3) is 0.400. The van der Waals surface area contributed by atoms with Gasteiger partial charge in [-0.15, -0.1) is 0 Å². The van der Waals surface area contributed by atoms with Crippen molar-refractivity contribution < 1.29 is 0 Å². The van der Waals surface area contributed by atoms with E-state index in [2.05, 4.69) is 269 Å². The second kappa shape index (κ2) is 15.4. The Bertz CT molecular complexity index is 3770. The minimum absolute atomic E-state index is 0.000919. The molecule has 5 heteroatoms. The van der Waals surface area contributed by atoms with Gasteiger partial charge in [0.25, 0.3) is 13.4 Å². The van der Waals surface area contributed by atoms with Gasteiger partial charge in [0.05, 0.1) is 5.52 Å². The van der Waals surface area contributed by atoms with Gasteiger partial charge in [-0.2, -0.15) is 0 Å². The number of hydrogen-bond acceptors (Lipinski definition) is 2. The third-order valence-corrected chi connectivity index (χ3v) is 17.8. The number of fused-ring (bicyclic) bond motifs is 11. The van der Waals surface area contributed by atoms with E-state index < -0.39 is 0 Å². The molecule has 75 heavy (non-hydrogen) atoms. The second-order valence-corrected chi connectivity index (χ2v) is 30.5. The first-order valence-electron chi connectivity index (χ1n) is 28.2. The number of hydrogen-bond donors (Lipinski definition) is 0. The highest BCUT2D eigenvalue weighted by molar-refractivity contribution is 7.04. The molecule has 0 fully saturated rings. The smallest absolute Gasteiger partial charge is 0.252 e. The Labute approximate surface area is 451 Å². The van der Waals surface area contributed by atoms with E-state index in [1.807, 2.05) is 0 Å². The average Bonchev–Trinajstić information content (AvgIpc) is 3.76. The maximum absolute atomic E-state index is 2.80. The second-order valence-electron chi connectivity index (χ2n) is 30.5. The Morgan fingerprint density at radius 3 is 1.25 bits per heavy atom. The highest BCUT2D eigenvalue weighted by Gasteiger charge is 2.51. The Kier molecular flexibility index (Phi) is 10.2. The molecule has 0 N–H and O–H groups in total. The van der Waals surface area contributed by atoms with Gasteiger partial charge in [-0.1, -0.05) is 194 Å². The molecule has 8 aromatic rings. The van der Waals surface area contributed by atoms with Crippen LogP contribution in [0.25, 0.3) is 27.5 Å². The predicted molar refractivity (Wildman–Crippen MR) is 330 cm³/mol. The van der Waals surface area contributed by atoms with Crippen LogP contribution in [0.5, 0.6) is 0 Å². The van der Waals surface area contributed by atoms with Gasteiger partial charge >= 0.3 is 0 Å². The molecule has 0 saturated heterocycles. The zero-order chi connectivity index (χ0) is 54.0. The minimum atomic E-state index is -0.137. The molecule has 0 saturated carbocycles. The molecule has 0 atom stereocenters. The van der Waals surface area contributed by atoms with E-state index in [-0.39, 0.29) is 51.3 Å². The van der Waals surface area contributed by atoms with Crippen molar-refractivity contribution in [2.24, 2.45) is 0 Å². The first kappa shape index (κ1) is 49.9. The van der Waals surface area contributed by atoms with E-state index in [0.29, 0.717) is 0 Å². The summed E-state index contributed by atoms with van der Waals surface area (Å²) < 4.78 is 2.70. The van der Waals surface area contributed by atoms with Crippen molar-refractivity contribution in [3.8, 4) is 5.69 Å². The minimum Gasteiger partial charge on any atom is -0.312 e. The van der Waals surface area contributed by atoms with Gasteiger partial charge in [-0.3, -0.25) is 0 Å². The standard InChI is InChI=1S/C70H81B2N3/c1-64(2,3)40-23-22-24-47(29-40)73-55-35-42(66(7,8)9)25-27-50(55)71-52-33-44(68(13,14)15)34-53-63(52)75(58-38-45(69(16,17)18)36-56(73)60(58)71)59-39-46(70(19,20)21)37-57-61(59)72(53)51-32-43(67(10,11)12)31-49-48-30-41(65(4,5)6)26-28-54(48)74(57)62(49)51/h22-39H,1-21H3. The van der Waals surface area contributed by atoms with Crippen molar-refractivity contribution in [3.63, 3.8) is 0 Å². The van der Waals surface area contributed by atoms with E-state index in [1.54, 1.807) is 0 Å². The van der Waals surface area contributed by atoms with Gasteiger partial charge in [0.15, 0.2) is 0 Å². The lowest BCUT2D eigenvalue weighted by molar-refractivity contribution is 0.589. The number of anilines is 6. The van der Waals surface area contributed by atoms with E-state index in [9.17, 15) is 0 Å². The number of benzene rings is 7. The Morgan fingerprint density at radius 2 is 0.707 bits per heavy atom. The summed E-state index contributed by atoms with van der Waals surface area (Å²) in [5, 5.41) is 2.72. The van der Waals surface area contributed by atoms with Gasteiger partial charge in [-0.05, 0) is 170 Å². The third-order valence-electron chi connectivity index (χ3n) is 17.8. The lowest BCUT2D eigenvalue weighted by atomic mass is 9.29. The fourth-order valence-electron chi connectivity index (χ4n) is 13.1. The van der Waals surface area contributed by atoms with Crippen molar-refractivity contribution in [1.82, 2.24) is 4.57 Å². The first-order chi connectivity index (χ1) is 34.6. The molecule has 1 aromatic heterocycles. The monoisotopic (exact) mass is 986 g/mol. The fourth-order valence-corrected chi connectivity index (χ4v) is 13.1. The molecule has 4 aliphatic rings. The molecule has 5 heterocycles. The van der Waals surface area contributed by atoms with E-state index in [0.717, 1.165) is 0 Å². The lowest BCUT2D eigenvalue weighted by Crippen LogP contribution is -2.68. The van der Waals surface area contributed by atoms with Gasteiger partial charge in [0.2, 0.25) is 0 Å². The molecule has 3 nitrogen and oxygen atoms in total. The highest BCUT2D eigenvalue weighted by Crippen LogP contribution is 2.50. The van der Waals surface area contributed by atoms with Crippen LogP contribution in [0.3, 0.4) is 0 Å². The van der Waals surface area contributed by atoms with Crippen LogP contribution in [0.4, 0.5) is 34.1 Å². The number of aromatic nitrogens is 1. The number of nitrogens with zero attached hydrogens (tertiary/aromatic N) is 3. The van der Waals surface area contributed by atoms with Crippen molar-refractivity contribution in [1.29, 1.82) is 0 Å². The molecule has 0 radical (unpaired) electrons. The van der Waals surface area contributed by atoms with Crippen molar-refractivity contribution in [2.45, 2.75) is 183 Å². The summed E-state index contributed by atoms with van der Waals surface area (Å²) in [5.41, 5.74) is 29.2. The summed E-state index contributed by atoms with van der Waals surface area (Å²) in [6, 6.07) is 45.2. The van der Waals surface area contributed by atoms with Gasteiger partial charge in [-0.25, -0.2) is 0 Å². The highest BCUT2D eigenvalue weighted by atomic mass is 15.2. The third kappa shape index (κ3) is 7.42. The van der Waals surface area contributed by atoms with Gasteiger partial charge in [0.1, 0.15) is 0 Å². The van der Waals surface area contributed by atoms with Crippen LogP contribution in [0, 0.1) is 0 Å². The molecular formula is C70H81B2N3. The van der Waals surface area contributed by atoms with Crippen LogP contribution in [-0.4, -0.2) is 18.0 Å². The lowest BCUT2D eigenvalue weighted by Gasteiger charge is -2.50. The Hall–Kier alpha value is -5.93. The zero-order valence-corrected chi connectivity index (χ0v) is 49.4. The van der Waals surface area contributed by atoms with E-state index in [4.69, 9.17) is 0 Å². The normalized spacial score (nSPS) is 15.2. The summed E-state index contributed by atoms with van der Waals surface area (Å²) in [6.07, 6.45) is 0. The predicted octanol–water partition coefficient (Wildman–Crippen LogP) is 15.1.